The Kier molecular flexibility index (Phi) is 5.37. The quantitative estimate of drug-likeness (QED) is 0.806. The van der Waals surface area contributed by atoms with Gasteiger partial charge in [0.2, 0.25) is 0 Å². The number of rotatable bonds is 6. The number of ketones is 1. The Balaban J connectivity index is 2.15. The van der Waals surface area contributed by atoms with E-state index in [9.17, 15) is 4.79 Å². The van der Waals surface area contributed by atoms with Gasteiger partial charge in [0.1, 0.15) is 5.75 Å². The number of nitrogens with zero attached hydrogens (tertiary/aromatic N) is 1. The van der Waals surface area contributed by atoms with Crippen LogP contribution in [-0.4, -0.2) is 49.6 Å². The van der Waals surface area contributed by atoms with E-state index in [1.165, 1.54) is 0 Å². The molecule has 1 fully saturated rings. The van der Waals surface area contributed by atoms with Crippen LogP contribution >= 0.6 is 0 Å². The molecule has 4 nitrogen and oxygen atoms in total. The Morgan fingerprint density at radius 3 is 2.62 bits per heavy atom. The molecule has 0 aliphatic carbocycles. The number of morpholine rings is 1. The van der Waals surface area contributed by atoms with Crippen LogP contribution in [0.1, 0.15) is 25.8 Å². The summed E-state index contributed by atoms with van der Waals surface area (Å²) in [6.45, 7) is 7.19. The number of carbonyl (C=O) groups is 1. The number of Topliss-reactive ketones (excluding diaryl/α,β-unsaturated/α-hetero) is 1. The van der Waals surface area contributed by atoms with Gasteiger partial charge in [0.05, 0.1) is 25.9 Å². The summed E-state index contributed by atoms with van der Waals surface area (Å²) in [4.78, 5) is 15.2. The third-order valence-electron chi connectivity index (χ3n) is 4.54. The minimum absolute atomic E-state index is 0.247. The van der Waals surface area contributed by atoms with Crippen molar-refractivity contribution >= 4 is 5.78 Å². The van der Waals surface area contributed by atoms with E-state index in [-0.39, 0.29) is 5.78 Å². The first-order valence-electron chi connectivity index (χ1n) is 7.60. The van der Waals surface area contributed by atoms with Gasteiger partial charge in [-0.25, -0.2) is 0 Å². The summed E-state index contributed by atoms with van der Waals surface area (Å²) >= 11 is 0. The second-order valence-electron chi connectivity index (χ2n) is 5.64. The molecule has 1 aliphatic heterocycles. The first-order chi connectivity index (χ1) is 10.1. The van der Waals surface area contributed by atoms with E-state index in [0.717, 1.165) is 30.8 Å². The number of hydrogen-bond acceptors (Lipinski definition) is 4. The van der Waals surface area contributed by atoms with Gasteiger partial charge in [-0.3, -0.25) is 9.69 Å². The Labute approximate surface area is 127 Å². The van der Waals surface area contributed by atoms with Crippen molar-refractivity contribution in [3.63, 3.8) is 0 Å². The maximum Gasteiger partial charge on any atom is 0.157 e. The molecule has 0 saturated carbocycles. The number of benzene rings is 1. The zero-order valence-electron chi connectivity index (χ0n) is 13.2. The number of carbonyl (C=O) groups excluding carboxylic acids is 1. The van der Waals surface area contributed by atoms with Crippen molar-refractivity contribution in [2.24, 2.45) is 0 Å². The summed E-state index contributed by atoms with van der Waals surface area (Å²) in [6.07, 6.45) is 1.21. The molecule has 0 bridgehead atoms. The lowest BCUT2D eigenvalue weighted by atomic mass is 9.86. The SMILES string of the molecule is CCC(C)(C(=O)Cc1ccccc1OC)N1CCOCC1. The van der Waals surface area contributed by atoms with Gasteiger partial charge in [-0.1, -0.05) is 25.1 Å². The zero-order chi connectivity index (χ0) is 15.3. The Morgan fingerprint density at radius 2 is 2.00 bits per heavy atom. The van der Waals surface area contributed by atoms with E-state index in [1.807, 2.05) is 24.3 Å². The van der Waals surface area contributed by atoms with Crippen LogP contribution in [0, 0.1) is 0 Å². The molecule has 1 aromatic carbocycles. The van der Waals surface area contributed by atoms with Crippen LogP contribution in [-0.2, 0) is 16.0 Å². The maximum atomic E-state index is 12.9. The van der Waals surface area contributed by atoms with Gasteiger partial charge in [0.15, 0.2) is 5.78 Å². The molecule has 1 atom stereocenters. The number of ether oxygens (including phenoxy) is 2. The summed E-state index contributed by atoms with van der Waals surface area (Å²) in [5, 5.41) is 0. The summed E-state index contributed by atoms with van der Waals surface area (Å²) in [5.41, 5.74) is 0.530. The van der Waals surface area contributed by atoms with E-state index in [0.29, 0.717) is 19.6 Å². The van der Waals surface area contributed by atoms with Gasteiger partial charge < -0.3 is 9.47 Å². The highest BCUT2D eigenvalue weighted by atomic mass is 16.5. The number of methoxy groups -OCH3 is 1. The van der Waals surface area contributed by atoms with Crippen molar-refractivity contribution in [3.8, 4) is 5.75 Å². The van der Waals surface area contributed by atoms with Crippen LogP contribution in [0.3, 0.4) is 0 Å². The second-order valence-corrected chi connectivity index (χ2v) is 5.64. The van der Waals surface area contributed by atoms with E-state index in [2.05, 4.69) is 18.7 Å². The molecule has 4 heteroatoms. The zero-order valence-corrected chi connectivity index (χ0v) is 13.2. The lowest BCUT2D eigenvalue weighted by molar-refractivity contribution is -0.133. The van der Waals surface area contributed by atoms with Crippen LogP contribution < -0.4 is 4.74 Å². The predicted octanol–water partition coefficient (Wildman–Crippen LogP) is 2.31. The fourth-order valence-corrected chi connectivity index (χ4v) is 2.87. The molecular weight excluding hydrogens is 266 g/mol. The molecule has 1 aromatic rings. The molecule has 0 spiro atoms. The van der Waals surface area contributed by atoms with Crippen molar-refractivity contribution in [2.45, 2.75) is 32.2 Å². The van der Waals surface area contributed by atoms with Crippen molar-refractivity contribution in [3.05, 3.63) is 29.8 Å². The highest BCUT2D eigenvalue weighted by Gasteiger charge is 2.38. The highest BCUT2D eigenvalue weighted by Crippen LogP contribution is 2.26. The minimum atomic E-state index is -0.426. The number of para-hydroxylation sites is 1. The third kappa shape index (κ3) is 3.44. The topological polar surface area (TPSA) is 38.8 Å². The maximum absolute atomic E-state index is 12.9. The molecule has 116 valence electrons. The lowest BCUT2D eigenvalue weighted by Gasteiger charge is -2.41. The van der Waals surface area contributed by atoms with Crippen LogP contribution in [0.4, 0.5) is 0 Å². The van der Waals surface area contributed by atoms with Crippen LogP contribution in [0.2, 0.25) is 0 Å². The minimum Gasteiger partial charge on any atom is -0.496 e. The fraction of sp³-hybridized carbons (Fsp3) is 0.588. The summed E-state index contributed by atoms with van der Waals surface area (Å²) in [5.74, 6) is 1.03. The van der Waals surface area contributed by atoms with Crippen LogP contribution in [0.25, 0.3) is 0 Å². The molecule has 1 heterocycles. The monoisotopic (exact) mass is 291 g/mol. The lowest BCUT2D eigenvalue weighted by Crippen LogP contribution is -2.56. The molecule has 1 unspecified atom stereocenters. The van der Waals surface area contributed by atoms with Crippen molar-refractivity contribution in [2.75, 3.05) is 33.4 Å². The molecular formula is C17H25NO3. The average molecular weight is 291 g/mol. The van der Waals surface area contributed by atoms with Gasteiger partial charge >= 0.3 is 0 Å². The molecule has 0 aromatic heterocycles. The highest BCUT2D eigenvalue weighted by molar-refractivity contribution is 5.90. The van der Waals surface area contributed by atoms with E-state index in [4.69, 9.17) is 9.47 Å². The van der Waals surface area contributed by atoms with Gasteiger partial charge in [-0.05, 0) is 19.4 Å². The summed E-state index contributed by atoms with van der Waals surface area (Å²) in [6, 6.07) is 7.74. The first-order valence-corrected chi connectivity index (χ1v) is 7.60. The third-order valence-corrected chi connectivity index (χ3v) is 4.54. The molecule has 0 amide bonds. The van der Waals surface area contributed by atoms with E-state index < -0.39 is 5.54 Å². The fourth-order valence-electron chi connectivity index (χ4n) is 2.87. The van der Waals surface area contributed by atoms with Crippen molar-refractivity contribution in [1.29, 1.82) is 0 Å². The van der Waals surface area contributed by atoms with E-state index in [1.54, 1.807) is 7.11 Å². The summed E-state index contributed by atoms with van der Waals surface area (Å²) < 4.78 is 10.8. The summed E-state index contributed by atoms with van der Waals surface area (Å²) in [7, 11) is 1.64. The van der Waals surface area contributed by atoms with Gasteiger partial charge in [0.25, 0.3) is 0 Å². The van der Waals surface area contributed by atoms with Crippen molar-refractivity contribution < 1.29 is 14.3 Å². The molecule has 1 saturated heterocycles. The molecule has 0 N–H and O–H groups in total. The van der Waals surface area contributed by atoms with Crippen LogP contribution in [0.15, 0.2) is 24.3 Å². The van der Waals surface area contributed by atoms with Gasteiger partial charge in [-0.2, -0.15) is 0 Å². The molecule has 1 aliphatic rings. The Hall–Kier alpha value is -1.39. The molecule has 0 radical (unpaired) electrons. The number of hydrogen-bond donors (Lipinski definition) is 0. The second kappa shape index (κ2) is 7.05. The standard InChI is InChI=1S/C17H25NO3/c1-4-17(2,18-9-11-21-12-10-18)16(19)13-14-7-5-6-8-15(14)20-3/h5-8H,4,9-13H2,1-3H3. The largest absolute Gasteiger partial charge is 0.496 e. The normalized spacial score (nSPS) is 19.0. The van der Waals surface area contributed by atoms with Gasteiger partial charge in [-0.15, -0.1) is 0 Å². The van der Waals surface area contributed by atoms with E-state index >= 15 is 0 Å². The average Bonchev–Trinajstić information content (AvgIpc) is 2.55. The van der Waals surface area contributed by atoms with Crippen molar-refractivity contribution in [1.82, 2.24) is 4.90 Å². The first kappa shape index (κ1) is 16.0. The molecule has 21 heavy (non-hydrogen) atoms. The van der Waals surface area contributed by atoms with Crippen LogP contribution in [0.5, 0.6) is 5.75 Å². The molecule has 2 rings (SSSR count). The predicted molar refractivity (Wildman–Crippen MR) is 82.8 cm³/mol. The smallest absolute Gasteiger partial charge is 0.157 e. The van der Waals surface area contributed by atoms with Gasteiger partial charge in [0, 0.05) is 25.1 Å². The Bertz CT molecular complexity index is 483. The Morgan fingerprint density at radius 1 is 1.33 bits per heavy atom.